The molecule has 1 saturated heterocycles. The summed E-state index contributed by atoms with van der Waals surface area (Å²) in [6.45, 7) is 4.39. The topological polar surface area (TPSA) is 112 Å². The number of aromatic nitrogens is 2. The molecule has 0 spiro atoms. The maximum atomic E-state index is 6.74. The van der Waals surface area contributed by atoms with Gasteiger partial charge in [0.05, 0.1) is 5.69 Å². The third kappa shape index (κ3) is 4.54. The SMILES string of the molecule is NC1=NC(N)(c2ccc(N3CCN(C4CCCCC4)CC3)cc2)NN1c1cc2c(nn1)-c1ccccc1CC2. The van der Waals surface area contributed by atoms with Crippen molar-refractivity contribution in [2.45, 2.75) is 56.8 Å². The highest BCUT2D eigenvalue weighted by Gasteiger charge is 2.38. The number of benzene rings is 2. The molecule has 5 N–H and O–H groups in total. The quantitative estimate of drug-likeness (QED) is 0.478. The maximum Gasteiger partial charge on any atom is 0.215 e. The van der Waals surface area contributed by atoms with Gasteiger partial charge in [-0.3, -0.25) is 10.6 Å². The van der Waals surface area contributed by atoms with Gasteiger partial charge < -0.3 is 10.6 Å². The molecule has 2 fully saturated rings. The molecule has 9 nitrogen and oxygen atoms in total. The third-order valence-corrected chi connectivity index (χ3v) is 8.91. The van der Waals surface area contributed by atoms with Crippen molar-refractivity contribution in [2.75, 3.05) is 36.1 Å². The van der Waals surface area contributed by atoms with Gasteiger partial charge in [-0.1, -0.05) is 55.7 Å². The van der Waals surface area contributed by atoms with Crippen LogP contribution < -0.4 is 26.8 Å². The van der Waals surface area contributed by atoms with E-state index in [1.165, 1.54) is 43.4 Å². The largest absolute Gasteiger partial charge is 0.369 e. The van der Waals surface area contributed by atoms with E-state index >= 15 is 0 Å². The van der Waals surface area contributed by atoms with E-state index < -0.39 is 5.79 Å². The van der Waals surface area contributed by atoms with Gasteiger partial charge in [0.15, 0.2) is 5.82 Å². The summed E-state index contributed by atoms with van der Waals surface area (Å²) in [5, 5.41) is 10.7. The number of nitrogens with one attached hydrogen (secondary N) is 1. The second-order valence-electron chi connectivity index (χ2n) is 11.3. The lowest BCUT2D eigenvalue weighted by molar-refractivity contribution is 0.148. The van der Waals surface area contributed by atoms with Crippen molar-refractivity contribution in [3.8, 4) is 11.3 Å². The fraction of sp³-hybridized carbons (Fsp3) is 0.433. The van der Waals surface area contributed by atoms with Gasteiger partial charge in [-0.2, -0.15) is 5.43 Å². The second-order valence-corrected chi connectivity index (χ2v) is 11.3. The Hall–Kier alpha value is -3.53. The van der Waals surface area contributed by atoms with Gasteiger partial charge in [-0.25, -0.2) is 10.0 Å². The van der Waals surface area contributed by atoms with E-state index in [0.29, 0.717) is 5.82 Å². The summed E-state index contributed by atoms with van der Waals surface area (Å²) >= 11 is 0. The summed E-state index contributed by atoms with van der Waals surface area (Å²) in [4.78, 5) is 9.77. The summed E-state index contributed by atoms with van der Waals surface area (Å²) in [5.74, 6) is -0.313. The Balaban J connectivity index is 1.04. The van der Waals surface area contributed by atoms with Crippen molar-refractivity contribution < 1.29 is 0 Å². The van der Waals surface area contributed by atoms with Crippen LogP contribution in [0.2, 0.25) is 0 Å². The Labute approximate surface area is 229 Å². The number of anilines is 2. The first-order valence-electron chi connectivity index (χ1n) is 14.3. The van der Waals surface area contributed by atoms with Gasteiger partial charge in [0.2, 0.25) is 11.7 Å². The minimum Gasteiger partial charge on any atom is -0.369 e. The molecule has 2 aliphatic heterocycles. The van der Waals surface area contributed by atoms with Crippen LogP contribution in [0.15, 0.2) is 59.6 Å². The molecule has 1 saturated carbocycles. The second kappa shape index (κ2) is 9.89. The fourth-order valence-corrected chi connectivity index (χ4v) is 6.69. The molecular formula is C30H37N9. The molecule has 0 bridgehead atoms. The Morgan fingerprint density at radius 3 is 2.38 bits per heavy atom. The number of fused-ring (bicyclic) bond motifs is 3. The zero-order valence-electron chi connectivity index (χ0n) is 22.4. The standard InChI is InChI=1S/C30H37N9/c31-29-33-30(32,36-39(29)27-20-22-11-10-21-6-4-5-9-26(21)28(22)35-34-27)23-12-14-25(15-13-23)38-18-16-37(17-19-38)24-7-2-1-3-8-24/h4-6,9,12-15,20,24,36H,1-3,7-8,10-11,16-19,32H2,(H2,31,33). The molecule has 7 rings (SSSR count). The van der Waals surface area contributed by atoms with Crippen LogP contribution in [0.5, 0.6) is 0 Å². The number of nitrogens with two attached hydrogens (primary N) is 2. The van der Waals surface area contributed by atoms with Crippen LogP contribution in [0.1, 0.15) is 48.8 Å². The van der Waals surface area contributed by atoms with Crippen LogP contribution in [0.3, 0.4) is 0 Å². The van der Waals surface area contributed by atoms with E-state index in [4.69, 9.17) is 11.5 Å². The van der Waals surface area contributed by atoms with Crippen molar-refractivity contribution in [2.24, 2.45) is 16.5 Å². The first-order valence-corrected chi connectivity index (χ1v) is 14.3. The van der Waals surface area contributed by atoms with E-state index in [0.717, 1.165) is 67.4 Å². The average Bonchev–Trinajstić information content (AvgIpc) is 3.32. The van der Waals surface area contributed by atoms with Gasteiger partial charge in [0.25, 0.3) is 0 Å². The lowest BCUT2D eigenvalue weighted by atomic mass is 9.89. The summed E-state index contributed by atoms with van der Waals surface area (Å²) in [6, 6.07) is 19.6. The number of hydrazine groups is 1. The Kier molecular flexibility index (Phi) is 6.22. The zero-order chi connectivity index (χ0) is 26.4. The molecule has 1 aromatic heterocycles. The van der Waals surface area contributed by atoms with E-state index in [-0.39, 0.29) is 5.96 Å². The molecule has 3 aromatic rings. The molecule has 1 unspecified atom stereocenters. The Morgan fingerprint density at radius 1 is 0.846 bits per heavy atom. The zero-order valence-corrected chi connectivity index (χ0v) is 22.4. The number of hydrogen-bond acceptors (Lipinski definition) is 9. The van der Waals surface area contributed by atoms with Gasteiger partial charge in [0.1, 0.15) is 0 Å². The number of hydrogen-bond donors (Lipinski definition) is 3. The average molecular weight is 524 g/mol. The molecule has 0 amide bonds. The molecule has 2 aromatic carbocycles. The van der Waals surface area contributed by atoms with Gasteiger partial charge in [-0.15, -0.1) is 10.2 Å². The molecule has 4 aliphatic rings. The van der Waals surface area contributed by atoms with Gasteiger partial charge >= 0.3 is 0 Å². The summed E-state index contributed by atoms with van der Waals surface area (Å²) in [6.07, 6.45) is 8.80. The molecule has 1 atom stereocenters. The third-order valence-electron chi connectivity index (χ3n) is 8.91. The van der Waals surface area contributed by atoms with E-state index in [1.54, 1.807) is 5.01 Å². The molecular weight excluding hydrogens is 486 g/mol. The summed E-state index contributed by atoms with van der Waals surface area (Å²) in [7, 11) is 0. The molecule has 2 aliphatic carbocycles. The highest BCUT2D eigenvalue weighted by Crippen LogP contribution is 2.34. The normalized spacial score (nSPS) is 23.9. The van der Waals surface area contributed by atoms with Crippen molar-refractivity contribution >= 4 is 17.5 Å². The summed E-state index contributed by atoms with van der Waals surface area (Å²) < 4.78 is 0. The number of nitrogens with zero attached hydrogens (tertiary/aromatic N) is 6. The maximum absolute atomic E-state index is 6.74. The van der Waals surface area contributed by atoms with Gasteiger partial charge in [-0.05, 0) is 55.0 Å². The number of aliphatic imine (C=N–C) groups is 1. The number of piperazine rings is 1. The minimum absolute atomic E-state index is 0.269. The van der Waals surface area contributed by atoms with Crippen LogP contribution in [-0.2, 0) is 18.6 Å². The lowest BCUT2D eigenvalue weighted by Gasteiger charge is -2.41. The van der Waals surface area contributed by atoms with Crippen LogP contribution in [-0.4, -0.2) is 53.3 Å². The highest BCUT2D eigenvalue weighted by molar-refractivity contribution is 5.95. The van der Waals surface area contributed by atoms with E-state index in [2.05, 4.69) is 60.7 Å². The predicted octanol–water partition coefficient (Wildman–Crippen LogP) is 3.11. The van der Waals surface area contributed by atoms with Gasteiger partial charge in [0, 0.05) is 49.0 Å². The molecule has 9 heteroatoms. The number of guanidine groups is 1. The molecule has 3 heterocycles. The van der Waals surface area contributed by atoms with E-state index in [1.807, 2.05) is 24.3 Å². The van der Waals surface area contributed by atoms with Crippen LogP contribution in [0.25, 0.3) is 11.3 Å². The first kappa shape index (κ1) is 24.5. The van der Waals surface area contributed by atoms with Crippen LogP contribution in [0, 0.1) is 0 Å². The van der Waals surface area contributed by atoms with Crippen LogP contribution in [0.4, 0.5) is 11.5 Å². The highest BCUT2D eigenvalue weighted by atomic mass is 15.7. The molecule has 202 valence electrons. The number of aryl methyl sites for hydroxylation is 2. The lowest BCUT2D eigenvalue weighted by Crippen LogP contribution is -2.53. The monoisotopic (exact) mass is 523 g/mol. The summed E-state index contributed by atoms with van der Waals surface area (Å²) in [5.41, 5.74) is 23.0. The van der Waals surface area contributed by atoms with Crippen molar-refractivity contribution in [3.63, 3.8) is 0 Å². The van der Waals surface area contributed by atoms with E-state index in [9.17, 15) is 0 Å². The fourth-order valence-electron chi connectivity index (χ4n) is 6.69. The minimum atomic E-state index is -1.17. The first-order chi connectivity index (χ1) is 19.1. The van der Waals surface area contributed by atoms with Crippen molar-refractivity contribution in [1.29, 1.82) is 0 Å². The molecule has 39 heavy (non-hydrogen) atoms. The smallest absolute Gasteiger partial charge is 0.215 e. The van der Waals surface area contributed by atoms with Crippen LogP contribution >= 0.6 is 0 Å². The van der Waals surface area contributed by atoms with Crippen molar-refractivity contribution in [1.82, 2.24) is 20.5 Å². The van der Waals surface area contributed by atoms with Crippen molar-refractivity contribution in [3.05, 3.63) is 71.3 Å². The molecule has 0 radical (unpaired) electrons. The predicted molar refractivity (Wildman–Crippen MR) is 155 cm³/mol. The Bertz CT molecular complexity index is 1370. The number of rotatable bonds is 4. The Morgan fingerprint density at radius 2 is 1.59 bits per heavy atom.